The maximum atomic E-state index is 10.8. The van der Waals surface area contributed by atoms with Gasteiger partial charge in [0.05, 0.1) is 0 Å². The zero-order valence-corrected chi connectivity index (χ0v) is 10.1. The molecule has 2 N–H and O–H groups in total. The first kappa shape index (κ1) is 11.9. The van der Waals surface area contributed by atoms with Crippen LogP contribution >= 0.6 is 23.4 Å². The number of hydrogen-bond donors (Lipinski definition) is 2. The average molecular weight is 270 g/mol. The molecule has 0 aliphatic rings. The van der Waals surface area contributed by atoms with Gasteiger partial charge >= 0.3 is 5.97 Å². The van der Waals surface area contributed by atoms with E-state index in [1.165, 1.54) is 11.8 Å². The number of nitrogens with zero attached hydrogens (tertiary/aromatic N) is 2. The molecule has 0 saturated carbocycles. The number of H-pyrrole nitrogens is 1. The summed E-state index contributed by atoms with van der Waals surface area (Å²) in [6.07, 6.45) is 0. The van der Waals surface area contributed by atoms with E-state index in [0.717, 1.165) is 5.56 Å². The second-order valence-electron chi connectivity index (χ2n) is 3.16. The number of nitrogens with one attached hydrogen (secondary N) is 1. The van der Waals surface area contributed by atoms with Gasteiger partial charge in [0.25, 0.3) is 0 Å². The fourth-order valence-corrected chi connectivity index (χ4v) is 2.42. The van der Waals surface area contributed by atoms with Crippen LogP contribution in [0.1, 0.15) is 16.1 Å². The normalized spacial score (nSPS) is 10.4. The molecule has 17 heavy (non-hydrogen) atoms. The molecule has 0 fully saturated rings. The first-order chi connectivity index (χ1) is 8.18. The molecule has 0 aliphatic heterocycles. The van der Waals surface area contributed by atoms with Crippen LogP contribution in [0.15, 0.2) is 29.3 Å². The number of hydrogen-bond acceptors (Lipinski definition) is 4. The van der Waals surface area contributed by atoms with Crippen molar-refractivity contribution in [1.29, 1.82) is 0 Å². The van der Waals surface area contributed by atoms with Gasteiger partial charge in [-0.1, -0.05) is 41.6 Å². The van der Waals surface area contributed by atoms with E-state index in [1.807, 2.05) is 18.2 Å². The predicted molar refractivity (Wildman–Crippen MR) is 64.4 cm³/mol. The van der Waals surface area contributed by atoms with Crippen LogP contribution in [-0.2, 0) is 5.75 Å². The minimum absolute atomic E-state index is 0.0675. The van der Waals surface area contributed by atoms with Crippen molar-refractivity contribution in [2.24, 2.45) is 0 Å². The Morgan fingerprint density at radius 3 is 2.88 bits per heavy atom. The Kier molecular flexibility index (Phi) is 3.65. The van der Waals surface area contributed by atoms with E-state index in [2.05, 4.69) is 15.4 Å². The molecule has 1 aromatic heterocycles. The molecular formula is C10H8ClN3O2S. The number of carboxylic acid groups (broad SMARTS) is 1. The van der Waals surface area contributed by atoms with Crippen molar-refractivity contribution in [2.75, 3.05) is 0 Å². The van der Waals surface area contributed by atoms with Gasteiger partial charge in [0.1, 0.15) is 0 Å². The van der Waals surface area contributed by atoms with E-state index in [4.69, 9.17) is 16.7 Å². The molecule has 88 valence electrons. The number of aromatic amines is 1. The number of aromatic nitrogens is 3. The van der Waals surface area contributed by atoms with Gasteiger partial charge in [-0.3, -0.25) is 0 Å². The van der Waals surface area contributed by atoms with Crippen molar-refractivity contribution < 1.29 is 9.90 Å². The summed E-state index contributed by atoms with van der Waals surface area (Å²) >= 11 is 7.27. The van der Waals surface area contributed by atoms with Crippen molar-refractivity contribution >= 4 is 29.3 Å². The highest BCUT2D eigenvalue weighted by molar-refractivity contribution is 7.98. The summed E-state index contributed by atoms with van der Waals surface area (Å²) in [5.41, 5.74) is 0.862. The molecule has 0 unspecified atom stereocenters. The number of halogens is 1. The molecule has 0 saturated heterocycles. The number of carbonyl (C=O) groups is 1. The maximum Gasteiger partial charge on any atom is 0.359 e. The first-order valence-electron chi connectivity index (χ1n) is 4.68. The quantitative estimate of drug-likeness (QED) is 0.834. The first-order valence-corrected chi connectivity index (χ1v) is 6.05. The summed E-state index contributed by atoms with van der Waals surface area (Å²) in [4.78, 5) is 10.8. The Labute approximate surface area is 106 Å². The van der Waals surface area contributed by atoms with E-state index in [1.54, 1.807) is 6.07 Å². The molecule has 1 aromatic carbocycles. The fourth-order valence-electron chi connectivity index (χ4n) is 1.22. The van der Waals surface area contributed by atoms with E-state index in [-0.39, 0.29) is 5.69 Å². The van der Waals surface area contributed by atoms with Crippen LogP contribution in [0.5, 0.6) is 0 Å². The second-order valence-corrected chi connectivity index (χ2v) is 4.53. The molecule has 0 spiro atoms. The van der Waals surface area contributed by atoms with Crippen LogP contribution in [-0.4, -0.2) is 26.5 Å². The van der Waals surface area contributed by atoms with Crippen molar-refractivity contribution in [3.63, 3.8) is 0 Å². The lowest BCUT2D eigenvalue weighted by Crippen LogP contribution is -1.98. The van der Waals surface area contributed by atoms with E-state index in [0.29, 0.717) is 15.8 Å². The van der Waals surface area contributed by atoms with Gasteiger partial charge in [0.15, 0.2) is 5.03 Å². The summed E-state index contributed by atoms with van der Waals surface area (Å²) in [6, 6.07) is 7.40. The van der Waals surface area contributed by atoms with Gasteiger partial charge in [-0.25, -0.2) is 4.79 Å². The van der Waals surface area contributed by atoms with Crippen molar-refractivity contribution in [3.8, 4) is 0 Å². The molecule has 0 radical (unpaired) electrons. The smallest absolute Gasteiger partial charge is 0.359 e. The molecule has 2 rings (SSSR count). The monoisotopic (exact) mass is 269 g/mol. The Balaban J connectivity index is 2.10. The van der Waals surface area contributed by atoms with Crippen molar-refractivity contribution in [2.45, 2.75) is 10.8 Å². The van der Waals surface area contributed by atoms with Crippen molar-refractivity contribution in [3.05, 3.63) is 40.5 Å². The van der Waals surface area contributed by atoms with E-state index in [9.17, 15) is 4.79 Å². The fraction of sp³-hybridized carbons (Fsp3) is 0.100. The van der Waals surface area contributed by atoms with Crippen LogP contribution in [0, 0.1) is 0 Å². The highest BCUT2D eigenvalue weighted by Gasteiger charge is 2.15. The Morgan fingerprint density at radius 2 is 2.18 bits per heavy atom. The molecule has 0 aliphatic carbocycles. The number of rotatable bonds is 4. The van der Waals surface area contributed by atoms with Crippen molar-refractivity contribution in [1.82, 2.24) is 15.4 Å². The lowest BCUT2D eigenvalue weighted by atomic mass is 10.2. The zero-order chi connectivity index (χ0) is 12.3. The summed E-state index contributed by atoms with van der Waals surface area (Å²) < 4.78 is 0. The van der Waals surface area contributed by atoms with Crippen LogP contribution < -0.4 is 0 Å². The highest BCUT2D eigenvalue weighted by atomic mass is 35.5. The summed E-state index contributed by atoms with van der Waals surface area (Å²) in [5, 5.41) is 19.5. The van der Waals surface area contributed by atoms with Gasteiger partial charge < -0.3 is 5.11 Å². The van der Waals surface area contributed by atoms with E-state index < -0.39 is 5.97 Å². The van der Waals surface area contributed by atoms with Gasteiger partial charge in [-0.15, -0.1) is 10.2 Å². The number of carboxylic acids is 1. The third-order valence-corrected chi connectivity index (χ3v) is 3.42. The molecule has 0 bridgehead atoms. The summed E-state index contributed by atoms with van der Waals surface area (Å²) in [5.74, 6) is -0.549. The van der Waals surface area contributed by atoms with Crippen LogP contribution in [0.4, 0.5) is 0 Å². The molecule has 0 atom stereocenters. The maximum absolute atomic E-state index is 10.8. The lowest BCUT2D eigenvalue weighted by Gasteiger charge is -2.01. The van der Waals surface area contributed by atoms with Gasteiger partial charge in [-0.2, -0.15) is 5.21 Å². The number of benzene rings is 1. The Morgan fingerprint density at radius 1 is 1.41 bits per heavy atom. The topological polar surface area (TPSA) is 78.9 Å². The van der Waals surface area contributed by atoms with Gasteiger partial charge in [-0.05, 0) is 11.6 Å². The molecule has 5 nitrogen and oxygen atoms in total. The average Bonchev–Trinajstić information content (AvgIpc) is 2.76. The molecule has 1 heterocycles. The number of thioether (sulfide) groups is 1. The van der Waals surface area contributed by atoms with Crippen LogP contribution in [0.2, 0.25) is 5.02 Å². The van der Waals surface area contributed by atoms with E-state index >= 15 is 0 Å². The Hall–Kier alpha value is -1.53. The number of aromatic carboxylic acids is 1. The molecule has 2 aromatic rings. The molecule has 0 amide bonds. The van der Waals surface area contributed by atoms with Gasteiger partial charge in [0, 0.05) is 10.8 Å². The minimum Gasteiger partial charge on any atom is -0.476 e. The predicted octanol–water partition coefficient (Wildman–Crippen LogP) is 2.45. The second kappa shape index (κ2) is 5.20. The zero-order valence-electron chi connectivity index (χ0n) is 8.55. The lowest BCUT2D eigenvalue weighted by molar-refractivity contribution is 0.0686. The molecule has 7 heteroatoms. The third-order valence-electron chi connectivity index (χ3n) is 2.04. The molecular weight excluding hydrogens is 262 g/mol. The third kappa shape index (κ3) is 2.78. The Bertz CT molecular complexity index is 544. The van der Waals surface area contributed by atoms with Crippen LogP contribution in [0.3, 0.4) is 0 Å². The highest BCUT2D eigenvalue weighted by Crippen LogP contribution is 2.26. The standard InChI is InChI=1S/C10H8ClN3O2S/c11-7-4-2-1-3-6(7)5-17-9-8(10(15)16)12-14-13-9/h1-4H,5H2,(H,15,16)(H,12,13,14). The SMILES string of the molecule is O=C(O)c1n[nH]nc1SCc1ccccc1Cl. The largest absolute Gasteiger partial charge is 0.476 e. The minimum atomic E-state index is -1.10. The van der Waals surface area contributed by atoms with Crippen LogP contribution in [0.25, 0.3) is 0 Å². The summed E-state index contributed by atoms with van der Waals surface area (Å²) in [7, 11) is 0. The summed E-state index contributed by atoms with van der Waals surface area (Å²) in [6.45, 7) is 0. The van der Waals surface area contributed by atoms with Gasteiger partial charge in [0.2, 0.25) is 5.69 Å².